The summed E-state index contributed by atoms with van der Waals surface area (Å²) in [6, 6.07) is 18.1. The number of halogens is 3. The molecule has 2 N–H and O–H groups in total. The monoisotopic (exact) mass is 366 g/mol. The predicted octanol–water partition coefficient (Wildman–Crippen LogP) is 5.08. The second-order valence-electron chi connectivity index (χ2n) is 6.25. The van der Waals surface area contributed by atoms with E-state index in [1.165, 1.54) is 12.1 Å². The molecule has 0 aromatic heterocycles. The van der Waals surface area contributed by atoms with Crippen LogP contribution in [0.15, 0.2) is 72.1 Å². The standard InChI is InChI=1S/C21H13F3N2O/c22-21(23,24)14-8-5-13(6-9-14)18-16-10-7-12-3-1-2-4-15(12)19(16)27-20(26)17(18)11-25/h1-10,18H,26H2/t18-/m0/s1. The van der Waals surface area contributed by atoms with Gasteiger partial charge in [-0.25, -0.2) is 0 Å². The van der Waals surface area contributed by atoms with Gasteiger partial charge in [0.05, 0.1) is 11.5 Å². The average molecular weight is 366 g/mol. The first-order chi connectivity index (χ1) is 12.9. The molecule has 3 aromatic rings. The van der Waals surface area contributed by atoms with Crippen LogP contribution in [0.2, 0.25) is 0 Å². The smallest absolute Gasteiger partial charge is 0.416 e. The fourth-order valence-corrected chi connectivity index (χ4v) is 3.39. The van der Waals surface area contributed by atoms with Crippen molar-refractivity contribution in [1.29, 1.82) is 5.26 Å². The van der Waals surface area contributed by atoms with Gasteiger partial charge in [-0.1, -0.05) is 48.5 Å². The number of allylic oxidation sites excluding steroid dienone is 1. The third-order valence-corrected chi connectivity index (χ3v) is 4.68. The van der Waals surface area contributed by atoms with E-state index in [1.54, 1.807) is 0 Å². The molecule has 0 saturated carbocycles. The third-order valence-electron chi connectivity index (χ3n) is 4.68. The number of alkyl halides is 3. The van der Waals surface area contributed by atoms with E-state index >= 15 is 0 Å². The van der Waals surface area contributed by atoms with Crippen LogP contribution in [0.1, 0.15) is 22.6 Å². The Kier molecular flexibility index (Phi) is 3.81. The van der Waals surface area contributed by atoms with Crippen LogP contribution in [0.5, 0.6) is 5.75 Å². The zero-order chi connectivity index (χ0) is 19.2. The van der Waals surface area contributed by atoms with Crippen molar-refractivity contribution in [1.82, 2.24) is 0 Å². The van der Waals surface area contributed by atoms with Gasteiger partial charge in [-0.3, -0.25) is 0 Å². The number of benzene rings is 3. The van der Waals surface area contributed by atoms with Crippen molar-refractivity contribution >= 4 is 10.8 Å². The van der Waals surface area contributed by atoms with Gasteiger partial charge in [0.2, 0.25) is 5.88 Å². The van der Waals surface area contributed by atoms with E-state index in [1.807, 2.05) is 42.5 Å². The largest absolute Gasteiger partial charge is 0.440 e. The molecule has 0 amide bonds. The lowest BCUT2D eigenvalue weighted by atomic mass is 9.82. The van der Waals surface area contributed by atoms with Crippen molar-refractivity contribution in [2.75, 3.05) is 0 Å². The SMILES string of the molecule is N#CC1=C(N)Oc2c(ccc3ccccc23)[C@@H]1c1ccc(C(F)(F)F)cc1. The van der Waals surface area contributed by atoms with Gasteiger partial charge in [0.25, 0.3) is 0 Å². The molecule has 0 radical (unpaired) electrons. The Balaban J connectivity index is 1.92. The number of hydrogen-bond donors (Lipinski definition) is 1. The molecular formula is C21H13F3N2O. The minimum absolute atomic E-state index is 0.0359. The summed E-state index contributed by atoms with van der Waals surface area (Å²) in [5, 5.41) is 11.3. The van der Waals surface area contributed by atoms with Gasteiger partial charge in [-0.2, -0.15) is 18.4 Å². The topological polar surface area (TPSA) is 59.0 Å². The van der Waals surface area contributed by atoms with E-state index in [0.717, 1.165) is 22.9 Å². The molecule has 27 heavy (non-hydrogen) atoms. The third kappa shape index (κ3) is 2.77. The molecule has 4 rings (SSSR count). The quantitative estimate of drug-likeness (QED) is 0.654. The summed E-state index contributed by atoms with van der Waals surface area (Å²) in [6.07, 6.45) is -4.42. The van der Waals surface area contributed by atoms with Crippen molar-refractivity contribution in [2.24, 2.45) is 5.73 Å². The van der Waals surface area contributed by atoms with Crippen LogP contribution in [0.25, 0.3) is 10.8 Å². The molecule has 3 aromatic carbocycles. The van der Waals surface area contributed by atoms with Gasteiger partial charge in [0.1, 0.15) is 17.4 Å². The van der Waals surface area contributed by atoms with Gasteiger partial charge in [-0.15, -0.1) is 0 Å². The number of nitriles is 1. The Bertz CT molecular complexity index is 1110. The van der Waals surface area contributed by atoms with Gasteiger partial charge >= 0.3 is 6.18 Å². The summed E-state index contributed by atoms with van der Waals surface area (Å²) >= 11 is 0. The lowest BCUT2D eigenvalue weighted by molar-refractivity contribution is -0.137. The average Bonchev–Trinajstić information content (AvgIpc) is 2.66. The van der Waals surface area contributed by atoms with Crippen LogP contribution in [-0.4, -0.2) is 0 Å². The first-order valence-corrected chi connectivity index (χ1v) is 8.16. The first-order valence-electron chi connectivity index (χ1n) is 8.16. The second kappa shape index (κ2) is 6.06. The van der Waals surface area contributed by atoms with Crippen molar-refractivity contribution < 1.29 is 17.9 Å². The highest BCUT2D eigenvalue weighted by Crippen LogP contribution is 2.45. The first kappa shape index (κ1) is 17.0. The Morgan fingerprint density at radius 2 is 1.67 bits per heavy atom. The molecule has 0 fully saturated rings. The van der Waals surface area contributed by atoms with Crippen molar-refractivity contribution in [2.45, 2.75) is 12.1 Å². The molecule has 1 aliphatic rings. The fraction of sp³-hybridized carbons (Fsp3) is 0.0952. The van der Waals surface area contributed by atoms with Crippen LogP contribution in [0.4, 0.5) is 13.2 Å². The van der Waals surface area contributed by atoms with E-state index in [9.17, 15) is 18.4 Å². The van der Waals surface area contributed by atoms with Crippen LogP contribution >= 0.6 is 0 Å². The van der Waals surface area contributed by atoms with Gasteiger partial charge in [0.15, 0.2) is 0 Å². The molecule has 1 atom stereocenters. The Labute approximate surface area is 153 Å². The van der Waals surface area contributed by atoms with Gasteiger partial charge < -0.3 is 10.5 Å². The van der Waals surface area contributed by atoms with Crippen LogP contribution in [-0.2, 0) is 6.18 Å². The van der Waals surface area contributed by atoms with E-state index < -0.39 is 17.7 Å². The molecule has 0 aliphatic carbocycles. The van der Waals surface area contributed by atoms with E-state index in [-0.39, 0.29) is 11.5 Å². The molecule has 1 aliphatic heterocycles. The highest BCUT2D eigenvalue weighted by atomic mass is 19.4. The molecule has 3 nitrogen and oxygen atoms in total. The molecule has 0 spiro atoms. The number of fused-ring (bicyclic) bond motifs is 3. The summed E-state index contributed by atoms with van der Waals surface area (Å²) in [5.74, 6) is -0.105. The maximum absolute atomic E-state index is 12.9. The number of ether oxygens (including phenoxy) is 1. The second-order valence-corrected chi connectivity index (χ2v) is 6.25. The van der Waals surface area contributed by atoms with Crippen LogP contribution in [0.3, 0.4) is 0 Å². The molecule has 6 heteroatoms. The van der Waals surface area contributed by atoms with Crippen molar-refractivity contribution in [3.8, 4) is 11.8 Å². The highest BCUT2D eigenvalue weighted by Gasteiger charge is 2.33. The Hall–Kier alpha value is -3.46. The fourth-order valence-electron chi connectivity index (χ4n) is 3.39. The summed E-state index contributed by atoms with van der Waals surface area (Å²) in [4.78, 5) is 0. The molecule has 0 bridgehead atoms. The maximum Gasteiger partial charge on any atom is 0.416 e. The number of nitrogens with zero attached hydrogens (tertiary/aromatic N) is 1. The van der Waals surface area contributed by atoms with E-state index in [0.29, 0.717) is 16.9 Å². The Morgan fingerprint density at radius 1 is 0.963 bits per heavy atom. The number of rotatable bonds is 1. The minimum Gasteiger partial charge on any atom is -0.440 e. The zero-order valence-corrected chi connectivity index (χ0v) is 13.9. The normalized spacial score (nSPS) is 16.6. The summed E-state index contributed by atoms with van der Waals surface area (Å²) < 4.78 is 44.4. The number of hydrogen-bond acceptors (Lipinski definition) is 3. The molecule has 0 unspecified atom stereocenters. The number of nitrogens with two attached hydrogens (primary N) is 1. The lowest BCUT2D eigenvalue weighted by Gasteiger charge is -2.27. The van der Waals surface area contributed by atoms with Crippen LogP contribution < -0.4 is 10.5 Å². The van der Waals surface area contributed by atoms with Crippen molar-refractivity contribution in [3.63, 3.8) is 0 Å². The zero-order valence-electron chi connectivity index (χ0n) is 13.9. The lowest BCUT2D eigenvalue weighted by Crippen LogP contribution is -2.21. The van der Waals surface area contributed by atoms with Crippen LogP contribution in [0, 0.1) is 11.3 Å². The Morgan fingerprint density at radius 3 is 2.33 bits per heavy atom. The van der Waals surface area contributed by atoms with Gasteiger partial charge in [-0.05, 0) is 23.1 Å². The molecule has 134 valence electrons. The molecule has 1 heterocycles. The predicted molar refractivity (Wildman–Crippen MR) is 94.7 cm³/mol. The summed E-state index contributed by atoms with van der Waals surface area (Å²) in [5.41, 5.74) is 6.65. The van der Waals surface area contributed by atoms with E-state index in [4.69, 9.17) is 10.5 Å². The molecular weight excluding hydrogens is 353 g/mol. The van der Waals surface area contributed by atoms with E-state index in [2.05, 4.69) is 0 Å². The summed E-state index contributed by atoms with van der Waals surface area (Å²) in [6.45, 7) is 0. The highest BCUT2D eigenvalue weighted by molar-refractivity contribution is 5.90. The van der Waals surface area contributed by atoms with Crippen molar-refractivity contribution in [3.05, 3.63) is 88.8 Å². The maximum atomic E-state index is 12.9. The molecule has 0 saturated heterocycles. The van der Waals surface area contributed by atoms with Gasteiger partial charge in [0, 0.05) is 10.9 Å². The minimum atomic E-state index is -4.42. The summed E-state index contributed by atoms with van der Waals surface area (Å²) in [7, 11) is 0.